The van der Waals surface area contributed by atoms with E-state index in [1.807, 2.05) is 7.05 Å². The Hall–Kier alpha value is -0.770. The summed E-state index contributed by atoms with van der Waals surface area (Å²) >= 11 is 0. The quantitative estimate of drug-likeness (QED) is 0.560. The minimum absolute atomic E-state index is 0.398. The molecule has 0 bridgehead atoms. The topological polar surface area (TPSA) is 39.7 Å². The van der Waals surface area contributed by atoms with Gasteiger partial charge in [-0.1, -0.05) is 20.8 Å². The minimum atomic E-state index is 0.398. The molecule has 2 unspecified atom stereocenters. The molecule has 0 heterocycles. The monoisotopic (exact) mass is 296 g/mol. The molecular weight excluding hydrogens is 260 g/mol. The van der Waals surface area contributed by atoms with Gasteiger partial charge in [0.25, 0.3) is 0 Å². The van der Waals surface area contributed by atoms with Gasteiger partial charge in [0, 0.05) is 25.7 Å². The molecule has 1 aliphatic rings. The van der Waals surface area contributed by atoms with Gasteiger partial charge in [-0.3, -0.25) is 4.99 Å². The van der Waals surface area contributed by atoms with Crippen LogP contribution in [0.1, 0.15) is 53.4 Å². The molecule has 0 amide bonds. The summed E-state index contributed by atoms with van der Waals surface area (Å²) in [4.78, 5) is 6.69. The van der Waals surface area contributed by atoms with Gasteiger partial charge in [-0.05, 0) is 58.0 Å². The van der Waals surface area contributed by atoms with Crippen LogP contribution in [-0.2, 0) is 0 Å². The van der Waals surface area contributed by atoms with E-state index in [4.69, 9.17) is 0 Å². The molecule has 4 heteroatoms. The Morgan fingerprint density at radius 3 is 2.33 bits per heavy atom. The first kappa shape index (κ1) is 18.3. The smallest absolute Gasteiger partial charge is 0.191 e. The minimum Gasteiger partial charge on any atom is -0.355 e. The van der Waals surface area contributed by atoms with Crippen LogP contribution in [0.3, 0.4) is 0 Å². The SMILES string of the molecule is CN=C(NCC(C1CC1)N(C)C)NC(C)CCC(C)(C)C. The molecule has 1 fully saturated rings. The fraction of sp³-hybridized carbons (Fsp3) is 0.941. The van der Waals surface area contributed by atoms with Crippen molar-refractivity contribution in [2.45, 2.75) is 65.5 Å². The molecule has 0 saturated heterocycles. The molecule has 2 N–H and O–H groups in total. The van der Waals surface area contributed by atoms with Crippen LogP contribution in [0.2, 0.25) is 0 Å². The first-order valence-corrected chi connectivity index (χ1v) is 8.36. The van der Waals surface area contributed by atoms with Crippen LogP contribution >= 0.6 is 0 Å². The Morgan fingerprint density at radius 1 is 1.29 bits per heavy atom. The molecule has 0 aromatic carbocycles. The van der Waals surface area contributed by atoms with E-state index in [9.17, 15) is 0 Å². The number of guanidine groups is 1. The van der Waals surface area contributed by atoms with E-state index in [1.54, 1.807) is 0 Å². The average Bonchev–Trinajstić information content (AvgIpc) is 3.18. The summed E-state index contributed by atoms with van der Waals surface area (Å²) < 4.78 is 0. The van der Waals surface area contributed by atoms with Crippen molar-refractivity contribution in [3.63, 3.8) is 0 Å². The second-order valence-corrected chi connectivity index (χ2v) is 7.97. The van der Waals surface area contributed by atoms with Crippen LogP contribution < -0.4 is 10.6 Å². The number of nitrogens with zero attached hydrogens (tertiary/aromatic N) is 2. The molecule has 0 radical (unpaired) electrons. The van der Waals surface area contributed by atoms with Crippen LogP contribution in [0.4, 0.5) is 0 Å². The fourth-order valence-electron chi connectivity index (χ4n) is 2.60. The summed E-state index contributed by atoms with van der Waals surface area (Å²) in [5.41, 5.74) is 0.398. The molecule has 0 aliphatic heterocycles. The van der Waals surface area contributed by atoms with Gasteiger partial charge < -0.3 is 15.5 Å². The maximum Gasteiger partial charge on any atom is 0.191 e. The highest BCUT2D eigenvalue weighted by molar-refractivity contribution is 5.79. The average molecular weight is 297 g/mol. The first-order chi connectivity index (χ1) is 9.73. The molecule has 0 aromatic heterocycles. The highest BCUT2D eigenvalue weighted by atomic mass is 15.2. The van der Waals surface area contributed by atoms with Crippen LogP contribution in [0.25, 0.3) is 0 Å². The predicted octanol–water partition coefficient (Wildman–Crippen LogP) is 2.71. The third kappa shape index (κ3) is 7.70. The van der Waals surface area contributed by atoms with Crippen LogP contribution in [0.5, 0.6) is 0 Å². The normalized spacial score (nSPS) is 19.5. The summed E-state index contributed by atoms with van der Waals surface area (Å²) in [7, 11) is 6.20. The zero-order chi connectivity index (χ0) is 16.0. The maximum absolute atomic E-state index is 4.36. The molecular formula is C17H36N4. The largest absolute Gasteiger partial charge is 0.355 e. The van der Waals surface area contributed by atoms with Gasteiger partial charge >= 0.3 is 0 Å². The van der Waals surface area contributed by atoms with Crippen molar-refractivity contribution in [1.29, 1.82) is 0 Å². The zero-order valence-electron chi connectivity index (χ0n) is 15.2. The van der Waals surface area contributed by atoms with Crippen molar-refractivity contribution < 1.29 is 0 Å². The van der Waals surface area contributed by atoms with E-state index in [2.05, 4.69) is 62.3 Å². The van der Waals surface area contributed by atoms with E-state index < -0.39 is 0 Å². The Kier molecular flexibility index (Phi) is 6.98. The third-order valence-electron chi connectivity index (χ3n) is 4.24. The van der Waals surface area contributed by atoms with Crippen molar-refractivity contribution in [2.75, 3.05) is 27.7 Å². The summed E-state index contributed by atoms with van der Waals surface area (Å²) in [5.74, 6) is 1.80. The molecule has 2 atom stereocenters. The summed E-state index contributed by atoms with van der Waals surface area (Å²) in [6.45, 7) is 10.1. The zero-order valence-corrected chi connectivity index (χ0v) is 15.2. The van der Waals surface area contributed by atoms with E-state index >= 15 is 0 Å². The summed E-state index contributed by atoms with van der Waals surface area (Å²) in [5, 5.41) is 7.01. The molecule has 1 aliphatic carbocycles. The number of nitrogens with one attached hydrogen (secondary N) is 2. The van der Waals surface area contributed by atoms with Gasteiger partial charge in [0.15, 0.2) is 5.96 Å². The molecule has 0 spiro atoms. The Balaban J connectivity index is 2.34. The molecule has 4 nitrogen and oxygen atoms in total. The lowest BCUT2D eigenvalue weighted by Crippen LogP contribution is -2.48. The van der Waals surface area contributed by atoms with Crippen LogP contribution in [0.15, 0.2) is 4.99 Å². The highest BCUT2D eigenvalue weighted by Gasteiger charge is 2.32. The molecule has 124 valence electrons. The van der Waals surface area contributed by atoms with Crippen molar-refractivity contribution in [3.8, 4) is 0 Å². The number of aliphatic imine (C=N–C) groups is 1. The lowest BCUT2D eigenvalue weighted by atomic mass is 9.89. The second-order valence-electron chi connectivity index (χ2n) is 7.97. The fourth-order valence-corrected chi connectivity index (χ4v) is 2.60. The van der Waals surface area contributed by atoms with Gasteiger partial charge in [0.2, 0.25) is 0 Å². The highest BCUT2D eigenvalue weighted by Crippen LogP contribution is 2.34. The maximum atomic E-state index is 4.36. The van der Waals surface area contributed by atoms with Gasteiger partial charge in [0.05, 0.1) is 0 Å². The van der Waals surface area contributed by atoms with Crippen molar-refractivity contribution in [1.82, 2.24) is 15.5 Å². The van der Waals surface area contributed by atoms with Gasteiger partial charge in [-0.2, -0.15) is 0 Å². The third-order valence-corrected chi connectivity index (χ3v) is 4.24. The number of rotatable bonds is 7. The predicted molar refractivity (Wildman–Crippen MR) is 92.8 cm³/mol. The van der Waals surface area contributed by atoms with Crippen molar-refractivity contribution in [2.24, 2.45) is 16.3 Å². The van der Waals surface area contributed by atoms with E-state index in [-0.39, 0.29) is 0 Å². The summed E-state index contributed by atoms with van der Waals surface area (Å²) in [6, 6.07) is 1.07. The van der Waals surface area contributed by atoms with Gasteiger partial charge in [-0.15, -0.1) is 0 Å². The standard InChI is InChI=1S/C17H36N4/c1-13(10-11-17(2,3)4)20-16(18-5)19-12-15(21(6)7)14-8-9-14/h13-15H,8-12H2,1-7H3,(H2,18,19,20). The van der Waals surface area contributed by atoms with Crippen LogP contribution in [0, 0.1) is 11.3 Å². The Labute approximate surface area is 131 Å². The van der Waals surface area contributed by atoms with E-state index in [1.165, 1.54) is 25.7 Å². The summed E-state index contributed by atoms with van der Waals surface area (Å²) in [6.07, 6.45) is 5.14. The lowest BCUT2D eigenvalue weighted by molar-refractivity contribution is 0.263. The van der Waals surface area contributed by atoms with E-state index in [0.717, 1.165) is 18.4 Å². The number of likely N-dealkylation sites (N-methyl/N-ethyl adjacent to an activating group) is 1. The van der Waals surface area contributed by atoms with Gasteiger partial charge in [-0.25, -0.2) is 0 Å². The molecule has 21 heavy (non-hydrogen) atoms. The number of hydrogen-bond donors (Lipinski definition) is 2. The van der Waals surface area contributed by atoms with E-state index in [0.29, 0.717) is 17.5 Å². The molecule has 0 aromatic rings. The Bertz CT molecular complexity index is 324. The lowest BCUT2D eigenvalue weighted by Gasteiger charge is -2.27. The molecule has 1 saturated carbocycles. The van der Waals surface area contributed by atoms with Crippen molar-refractivity contribution >= 4 is 5.96 Å². The second kappa shape index (κ2) is 8.02. The number of hydrogen-bond acceptors (Lipinski definition) is 2. The van der Waals surface area contributed by atoms with Gasteiger partial charge in [0.1, 0.15) is 0 Å². The Morgan fingerprint density at radius 2 is 1.90 bits per heavy atom. The first-order valence-electron chi connectivity index (χ1n) is 8.36. The van der Waals surface area contributed by atoms with Crippen molar-refractivity contribution in [3.05, 3.63) is 0 Å². The molecule has 1 rings (SSSR count). The van der Waals surface area contributed by atoms with Crippen LogP contribution in [-0.4, -0.2) is 50.6 Å².